The Morgan fingerprint density at radius 2 is 2.19 bits per heavy atom. The number of rotatable bonds is 8. The van der Waals surface area contributed by atoms with Gasteiger partial charge in [-0.05, 0) is 24.6 Å². The largest absolute Gasteiger partial charge is 0.482 e. The Balaban J connectivity index is 2.50. The molecule has 0 aliphatic carbocycles. The Labute approximate surface area is 127 Å². The molecule has 0 unspecified atom stereocenters. The number of carbonyl (C=O) groups is 2. The third-order valence-corrected chi connectivity index (χ3v) is 3.03. The number of hydrogen-bond donors (Lipinski definition) is 2. The standard InChI is InChI=1S/C14H17ClFNO4/c1-2-3-4-11(14(19)20)17-13(18)8-21-12-6-5-9(16)7-10(12)15/h5-7,11H,2-4,8H2,1H3,(H,17,18)(H,19,20)/t11-/m0/s1. The maximum absolute atomic E-state index is 12.8. The molecular formula is C14H17ClFNO4. The van der Waals surface area contributed by atoms with Gasteiger partial charge in [0.1, 0.15) is 17.6 Å². The van der Waals surface area contributed by atoms with Gasteiger partial charge in [-0.15, -0.1) is 0 Å². The van der Waals surface area contributed by atoms with E-state index in [1.165, 1.54) is 6.07 Å². The zero-order valence-electron chi connectivity index (χ0n) is 11.6. The number of carboxylic acid groups (broad SMARTS) is 1. The number of aliphatic carboxylic acids is 1. The molecule has 116 valence electrons. The van der Waals surface area contributed by atoms with E-state index in [2.05, 4.69) is 5.32 Å². The molecule has 0 saturated heterocycles. The molecule has 0 aliphatic heterocycles. The molecule has 1 aromatic carbocycles. The van der Waals surface area contributed by atoms with Crippen molar-refractivity contribution in [2.24, 2.45) is 0 Å². The van der Waals surface area contributed by atoms with Crippen LogP contribution in [0, 0.1) is 5.82 Å². The lowest BCUT2D eigenvalue weighted by molar-refractivity contribution is -0.142. The van der Waals surface area contributed by atoms with E-state index in [0.717, 1.165) is 18.6 Å². The van der Waals surface area contributed by atoms with Gasteiger partial charge in [-0.1, -0.05) is 31.4 Å². The maximum atomic E-state index is 12.8. The van der Waals surface area contributed by atoms with Crippen LogP contribution in [-0.4, -0.2) is 29.6 Å². The number of carbonyl (C=O) groups excluding carboxylic acids is 1. The Morgan fingerprint density at radius 3 is 2.76 bits per heavy atom. The van der Waals surface area contributed by atoms with Crippen LogP contribution < -0.4 is 10.1 Å². The second kappa shape index (κ2) is 8.46. The summed E-state index contributed by atoms with van der Waals surface area (Å²) in [5.74, 6) is -2.01. The van der Waals surface area contributed by atoms with E-state index in [4.69, 9.17) is 21.4 Å². The smallest absolute Gasteiger partial charge is 0.326 e. The summed E-state index contributed by atoms with van der Waals surface area (Å²) in [6.07, 6.45) is 1.89. The fraction of sp³-hybridized carbons (Fsp3) is 0.429. The molecule has 0 radical (unpaired) electrons. The van der Waals surface area contributed by atoms with Crippen molar-refractivity contribution >= 4 is 23.5 Å². The lowest BCUT2D eigenvalue weighted by Crippen LogP contribution is -2.42. The van der Waals surface area contributed by atoms with Gasteiger partial charge in [0.25, 0.3) is 5.91 Å². The Hall–Kier alpha value is -1.82. The highest BCUT2D eigenvalue weighted by molar-refractivity contribution is 6.32. The van der Waals surface area contributed by atoms with Gasteiger partial charge < -0.3 is 15.2 Å². The van der Waals surface area contributed by atoms with Crippen molar-refractivity contribution in [3.63, 3.8) is 0 Å². The molecule has 5 nitrogen and oxygen atoms in total. The topological polar surface area (TPSA) is 75.6 Å². The number of halogens is 2. The first-order chi connectivity index (χ1) is 9.93. The van der Waals surface area contributed by atoms with E-state index in [9.17, 15) is 14.0 Å². The molecule has 0 bridgehead atoms. The first-order valence-electron chi connectivity index (χ1n) is 6.54. The highest BCUT2D eigenvalue weighted by atomic mass is 35.5. The van der Waals surface area contributed by atoms with Gasteiger partial charge in [0.15, 0.2) is 6.61 Å². The van der Waals surface area contributed by atoms with Crippen LogP contribution in [0.15, 0.2) is 18.2 Å². The van der Waals surface area contributed by atoms with Crippen molar-refractivity contribution in [2.45, 2.75) is 32.2 Å². The zero-order chi connectivity index (χ0) is 15.8. The number of benzene rings is 1. The van der Waals surface area contributed by atoms with Crippen LogP contribution in [0.3, 0.4) is 0 Å². The van der Waals surface area contributed by atoms with Crippen LogP contribution >= 0.6 is 11.6 Å². The van der Waals surface area contributed by atoms with E-state index < -0.39 is 23.7 Å². The highest BCUT2D eigenvalue weighted by Crippen LogP contribution is 2.24. The molecule has 0 aromatic heterocycles. The van der Waals surface area contributed by atoms with Gasteiger partial charge in [0.05, 0.1) is 5.02 Å². The second-order valence-electron chi connectivity index (χ2n) is 4.46. The minimum atomic E-state index is -1.09. The van der Waals surface area contributed by atoms with Crippen LogP contribution in [0.5, 0.6) is 5.75 Å². The van der Waals surface area contributed by atoms with Crippen molar-refractivity contribution in [2.75, 3.05) is 6.61 Å². The molecule has 2 N–H and O–H groups in total. The average molecular weight is 318 g/mol. The number of nitrogens with one attached hydrogen (secondary N) is 1. The molecule has 1 rings (SSSR count). The monoisotopic (exact) mass is 317 g/mol. The summed E-state index contributed by atoms with van der Waals surface area (Å²) >= 11 is 5.75. The molecule has 7 heteroatoms. The first kappa shape index (κ1) is 17.2. The van der Waals surface area contributed by atoms with Gasteiger partial charge in [0, 0.05) is 0 Å². The molecule has 1 amide bonds. The third-order valence-electron chi connectivity index (χ3n) is 2.73. The Bertz CT molecular complexity index is 510. The Morgan fingerprint density at radius 1 is 1.48 bits per heavy atom. The summed E-state index contributed by atoms with van der Waals surface area (Å²) < 4.78 is 18.0. The van der Waals surface area contributed by atoms with Crippen molar-refractivity contribution in [1.82, 2.24) is 5.32 Å². The number of unbranched alkanes of at least 4 members (excludes halogenated alkanes) is 1. The molecule has 0 spiro atoms. The molecule has 21 heavy (non-hydrogen) atoms. The quantitative estimate of drug-likeness (QED) is 0.773. The van der Waals surface area contributed by atoms with Gasteiger partial charge in [-0.3, -0.25) is 4.79 Å². The highest BCUT2D eigenvalue weighted by Gasteiger charge is 2.19. The molecule has 0 saturated carbocycles. The summed E-state index contributed by atoms with van der Waals surface area (Å²) in [5, 5.41) is 11.4. The maximum Gasteiger partial charge on any atom is 0.326 e. The van der Waals surface area contributed by atoms with Gasteiger partial charge >= 0.3 is 5.97 Å². The van der Waals surface area contributed by atoms with Crippen molar-refractivity contribution in [3.8, 4) is 5.75 Å². The molecule has 1 aromatic rings. The predicted molar refractivity (Wildman–Crippen MR) is 76.0 cm³/mol. The molecule has 0 aliphatic rings. The van der Waals surface area contributed by atoms with Crippen LogP contribution in [0.25, 0.3) is 0 Å². The number of carboxylic acids is 1. The van der Waals surface area contributed by atoms with E-state index in [1.807, 2.05) is 6.92 Å². The van der Waals surface area contributed by atoms with Crippen LogP contribution in [-0.2, 0) is 9.59 Å². The number of amides is 1. The fourth-order valence-electron chi connectivity index (χ4n) is 1.64. The summed E-state index contributed by atoms with van der Waals surface area (Å²) in [6, 6.07) is 2.58. The van der Waals surface area contributed by atoms with Crippen molar-refractivity contribution in [1.29, 1.82) is 0 Å². The van der Waals surface area contributed by atoms with Crippen molar-refractivity contribution < 1.29 is 23.8 Å². The second-order valence-corrected chi connectivity index (χ2v) is 4.87. The van der Waals surface area contributed by atoms with E-state index in [1.54, 1.807) is 0 Å². The van der Waals surface area contributed by atoms with Crippen molar-refractivity contribution in [3.05, 3.63) is 29.0 Å². The lowest BCUT2D eigenvalue weighted by atomic mass is 10.1. The predicted octanol–water partition coefficient (Wildman–Crippen LogP) is 2.62. The number of hydrogen-bond acceptors (Lipinski definition) is 3. The van der Waals surface area contributed by atoms with E-state index >= 15 is 0 Å². The molecule has 1 atom stereocenters. The van der Waals surface area contributed by atoms with Gasteiger partial charge in [0.2, 0.25) is 0 Å². The zero-order valence-corrected chi connectivity index (χ0v) is 12.3. The Kier molecular flexibility index (Phi) is 6.94. The van der Waals surface area contributed by atoms with E-state index in [0.29, 0.717) is 12.8 Å². The molecular weight excluding hydrogens is 301 g/mol. The van der Waals surface area contributed by atoms with Crippen LogP contribution in [0.4, 0.5) is 4.39 Å². The fourth-order valence-corrected chi connectivity index (χ4v) is 1.86. The average Bonchev–Trinajstić information content (AvgIpc) is 2.42. The lowest BCUT2D eigenvalue weighted by Gasteiger charge is -2.14. The number of ether oxygens (including phenoxy) is 1. The van der Waals surface area contributed by atoms with E-state index in [-0.39, 0.29) is 17.4 Å². The normalized spacial score (nSPS) is 11.8. The minimum absolute atomic E-state index is 0.0450. The molecule has 0 fully saturated rings. The van der Waals surface area contributed by atoms with Crippen LogP contribution in [0.1, 0.15) is 26.2 Å². The summed E-state index contributed by atoms with van der Waals surface area (Å²) in [5.41, 5.74) is 0. The van der Waals surface area contributed by atoms with Gasteiger partial charge in [-0.2, -0.15) is 0 Å². The third kappa shape index (κ3) is 5.99. The summed E-state index contributed by atoms with van der Waals surface area (Å²) in [4.78, 5) is 22.6. The molecule has 0 heterocycles. The summed E-state index contributed by atoms with van der Waals surface area (Å²) in [6.45, 7) is 1.54. The minimum Gasteiger partial charge on any atom is -0.482 e. The van der Waals surface area contributed by atoms with Gasteiger partial charge in [-0.25, -0.2) is 9.18 Å². The van der Waals surface area contributed by atoms with Crippen LogP contribution in [0.2, 0.25) is 5.02 Å². The SMILES string of the molecule is CCCC[C@H](NC(=O)COc1ccc(F)cc1Cl)C(=O)O. The summed E-state index contributed by atoms with van der Waals surface area (Å²) in [7, 11) is 0. The first-order valence-corrected chi connectivity index (χ1v) is 6.91.